The molecule has 0 aliphatic carbocycles. The second kappa shape index (κ2) is 8.10. The van der Waals surface area contributed by atoms with Crippen molar-refractivity contribution in [2.45, 2.75) is 46.8 Å². The van der Waals surface area contributed by atoms with Crippen LogP contribution in [0.5, 0.6) is 0 Å². The van der Waals surface area contributed by atoms with Gasteiger partial charge in [0.1, 0.15) is 18.2 Å². The molecular weight excluding hydrogens is 428 g/mol. The van der Waals surface area contributed by atoms with E-state index >= 15 is 0 Å². The first kappa shape index (κ1) is 15.9. The minimum absolute atomic E-state index is 0.0487. The van der Waals surface area contributed by atoms with Gasteiger partial charge in [0.15, 0.2) is 11.9 Å². The summed E-state index contributed by atoms with van der Waals surface area (Å²) in [6, 6.07) is 14.0. The fraction of sp³-hybridized carbons (Fsp3) is 0.250. The van der Waals surface area contributed by atoms with Gasteiger partial charge in [-0.25, -0.2) is 9.41 Å². The number of nitrogens with zero attached hydrogens (tertiary/aromatic N) is 2. The fourth-order valence-corrected chi connectivity index (χ4v) is 4.57. The van der Waals surface area contributed by atoms with Gasteiger partial charge in [-0.05, 0) is 59.9 Å². The number of furan rings is 1. The van der Waals surface area contributed by atoms with Gasteiger partial charge < -0.3 is 4.42 Å². The van der Waals surface area contributed by atoms with Crippen molar-refractivity contribution in [3.8, 4) is 22.4 Å². The molecule has 0 fully saturated rings. The van der Waals surface area contributed by atoms with E-state index in [9.17, 15) is 0 Å². The van der Waals surface area contributed by atoms with Crippen LogP contribution in [0, 0.1) is 27.2 Å². The highest BCUT2D eigenvalue weighted by Gasteiger charge is 2.23. The van der Waals surface area contributed by atoms with Crippen molar-refractivity contribution in [2.75, 3.05) is 0 Å². The summed E-state index contributed by atoms with van der Waals surface area (Å²) < 4.78 is 67.1. The Balaban J connectivity index is 1.90. The quantitative estimate of drug-likeness (QED) is 0.189. The van der Waals surface area contributed by atoms with Crippen LogP contribution in [0.1, 0.15) is 52.6 Å². The first-order valence-corrected chi connectivity index (χ1v) is 11.5. The molecule has 5 aromatic rings. The first-order valence-electron chi connectivity index (χ1n) is 15.0. The lowest BCUT2D eigenvalue weighted by Crippen LogP contribution is -2.31. The first-order chi connectivity index (χ1) is 19.4. The van der Waals surface area contributed by atoms with Gasteiger partial charge in [0, 0.05) is 30.6 Å². The lowest BCUT2D eigenvalue weighted by atomic mass is 9.84. The van der Waals surface area contributed by atoms with Crippen LogP contribution in [-0.4, -0.2) is 0 Å². The molecule has 3 heteroatoms. The predicted molar refractivity (Wildman–Crippen MR) is 145 cm³/mol. The number of fused-ring (bicyclic) bond motifs is 3. The summed E-state index contributed by atoms with van der Waals surface area (Å²) in [7, 11) is 1.74. The molecule has 3 nitrogen and oxygen atoms in total. The topological polar surface area (TPSA) is 21.4 Å². The zero-order valence-corrected chi connectivity index (χ0v) is 20.5. The lowest BCUT2D eigenvalue weighted by Gasteiger charge is -2.21. The third kappa shape index (κ3) is 3.80. The van der Waals surface area contributed by atoms with Crippen LogP contribution < -0.4 is 4.57 Å². The predicted octanol–water partition coefficient (Wildman–Crippen LogP) is 8.52. The standard InChI is InChI=1S/C32H31N2O/c1-19-9-12-26-25-14-11-23(33-7)16-29(25)35-31(26)30(19)28-17-27(21(3)18-34(28)8)24-13-10-22(15-20(24)2)32(4,5)6/h9-18H,1-6,8H3/q+1/i2D3,3D3,13D. The minimum atomic E-state index is -2.59. The molecule has 0 saturated heterocycles. The SMILES string of the molecule is [2H]c1cc(C(C)(C)C)cc(C([2H])([2H])[2H])c1-c1cc(-c2c(C)ccc3c2oc2cc([N+]#[C-])ccc23)[n+](C)cc1C([2H])([2H])[2H]. The maximum atomic E-state index is 8.98. The van der Waals surface area contributed by atoms with Gasteiger partial charge in [0.05, 0.1) is 13.5 Å². The third-order valence-electron chi connectivity index (χ3n) is 6.57. The van der Waals surface area contributed by atoms with Crippen molar-refractivity contribution in [3.05, 3.63) is 94.4 Å². The Kier molecular flexibility index (Phi) is 3.68. The molecular formula is C32H31N2O+. The van der Waals surface area contributed by atoms with Crippen LogP contribution in [0.25, 0.3) is 49.2 Å². The van der Waals surface area contributed by atoms with Crippen molar-refractivity contribution in [2.24, 2.45) is 7.05 Å². The Morgan fingerprint density at radius 3 is 2.43 bits per heavy atom. The Morgan fingerprint density at radius 2 is 1.71 bits per heavy atom. The maximum absolute atomic E-state index is 8.98. The molecule has 0 saturated carbocycles. The average Bonchev–Trinajstić information content (AvgIpc) is 3.24. The van der Waals surface area contributed by atoms with E-state index in [-0.39, 0.29) is 28.3 Å². The number of aromatic nitrogens is 1. The average molecular weight is 467 g/mol. The fourth-order valence-electron chi connectivity index (χ4n) is 4.57. The van der Waals surface area contributed by atoms with Gasteiger partial charge in [0.25, 0.3) is 0 Å². The number of hydrogen-bond donors (Lipinski definition) is 0. The molecule has 0 unspecified atom stereocenters. The molecule has 0 N–H and O–H groups in total. The molecule has 2 aromatic heterocycles. The molecule has 5 rings (SSSR count). The summed E-state index contributed by atoms with van der Waals surface area (Å²) in [4.78, 5) is 3.51. The Bertz CT molecular complexity index is 1930. The molecule has 174 valence electrons. The smallest absolute Gasteiger partial charge is 0.216 e. The summed E-state index contributed by atoms with van der Waals surface area (Å²) >= 11 is 0. The van der Waals surface area contributed by atoms with Gasteiger partial charge in [-0.2, -0.15) is 0 Å². The molecule has 2 heterocycles. The Hall–Kier alpha value is -3.90. The van der Waals surface area contributed by atoms with Gasteiger partial charge in [-0.3, -0.25) is 0 Å². The van der Waals surface area contributed by atoms with E-state index in [0.29, 0.717) is 33.7 Å². The normalized spacial score (nSPS) is 15.5. The number of rotatable bonds is 2. The Labute approximate surface area is 217 Å². The van der Waals surface area contributed by atoms with E-state index in [0.717, 1.165) is 16.3 Å². The monoisotopic (exact) mass is 466 g/mol. The van der Waals surface area contributed by atoms with Crippen LogP contribution in [0.3, 0.4) is 0 Å². The molecule has 0 aliphatic heterocycles. The van der Waals surface area contributed by atoms with Crippen LogP contribution in [0.2, 0.25) is 0 Å². The summed E-state index contributed by atoms with van der Waals surface area (Å²) in [5.41, 5.74) is 4.15. The van der Waals surface area contributed by atoms with Gasteiger partial charge >= 0.3 is 0 Å². The van der Waals surface area contributed by atoms with Crippen LogP contribution in [-0.2, 0) is 12.5 Å². The van der Waals surface area contributed by atoms with Crippen LogP contribution >= 0.6 is 0 Å². The van der Waals surface area contributed by atoms with Crippen molar-refractivity contribution in [1.82, 2.24) is 0 Å². The highest BCUT2D eigenvalue weighted by atomic mass is 16.3. The Morgan fingerprint density at radius 1 is 0.943 bits per heavy atom. The van der Waals surface area contributed by atoms with Crippen molar-refractivity contribution < 1.29 is 18.6 Å². The zero-order valence-electron chi connectivity index (χ0n) is 27.5. The third-order valence-corrected chi connectivity index (χ3v) is 6.57. The second-order valence-corrected chi connectivity index (χ2v) is 10.1. The molecule has 35 heavy (non-hydrogen) atoms. The van der Waals surface area contributed by atoms with Gasteiger partial charge in [0.2, 0.25) is 5.69 Å². The molecule has 0 bridgehead atoms. The molecule has 0 aliphatic rings. The molecule has 0 amide bonds. The van der Waals surface area contributed by atoms with Gasteiger partial charge in [-0.1, -0.05) is 63.2 Å². The summed E-state index contributed by atoms with van der Waals surface area (Å²) in [6.45, 7) is 9.95. The molecule has 0 spiro atoms. The number of aryl methyl sites for hydroxylation is 4. The minimum Gasteiger partial charge on any atom is -0.456 e. The second-order valence-electron chi connectivity index (χ2n) is 10.1. The lowest BCUT2D eigenvalue weighted by molar-refractivity contribution is -0.660. The van der Waals surface area contributed by atoms with E-state index in [2.05, 4.69) is 4.85 Å². The number of pyridine rings is 1. The highest BCUT2D eigenvalue weighted by Crippen LogP contribution is 2.39. The van der Waals surface area contributed by atoms with Crippen LogP contribution in [0.15, 0.2) is 65.2 Å². The van der Waals surface area contributed by atoms with E-state index in [1.807, 2.05) is 45.9 Å². The molecule has 3 aromatic carbocycles. The van der Waals surface area contributed by atoms with Crippen molar-refractivity contribution in [1.29, 1.82) is 0 Å². The highest BCUT2D eigenvalue weighted by molar-refractivity contribution is 6.10. The molecule has 0 atom stereocenters. The molecule has 0 radical (unpaired) electrons. The number of hydrogen-bond acceptors (Lipinski definition) is 1. The van der Waals surface area contributed by atoms with Crippen LogP contribution in [0.4, 0.5) is 5.69 Å². The number of benzene rings is 3. The summed E-state index contributed by atoms with van der Waals surface area (Å²) in [5.74, 6) is 0. The van der Waals surface area contributed by atoms with Crippen molar-refractivity contribution in [3.63, 3.8) is 0 Å². The van der Waals surface area contributed by atoms with Crippen molar-refractivity contribution >= 4 is 27.6 Å². The largest absolute Gasteiger partial charge is 0.456 e. The van der Waals surface area contributed by atoms with E-state index in [1.54, 1.807) is 41.9 Å². The van der Waals surface area contributed by atoms with E-state index in [1.165, 1.54) is 6.20 Å². The van der Waals surface area contributed by atoms with E-state index in [4.69, 9.17) is 20.6 Å². The van der Waals surface area contributed by atoms with Gasteiger partial charge in [-0.15, -0.1) is 0 Å². The maximum Gasteiger partial charge on any atom is 0.216 e. The van der Waals surface area contributed by atoms with E-state index < -0.39 is 19.1 Å². The zero-order chi connectivity index (χ0) is 30.9. The summed E-state index contributed by atoms with van der Waals surface area (Å²) in [5, 5.41) is 1.68. The summed E-state index contributed by atoms with van der Waals surface area (Å²) in [6.07, 6.45) is 1.50.